The molecule has 1 rings (SSSR count). The van der Waals surface area contributed by atoms with Crippen molar-refractivity contribution in [2.45, 2.75) is 39.0 Å². The van der Waals surface area contributed by atoms with Crippen LogP contribution in [0.1, 0.15) is 39.0 Å². The maximum Gasteiger partial charge on any atom is 0.0169 e. The highest BCUT2D eigenvalue weighted by molar-refractivity contribution is 4.97. The van der Waals surface area contributed by atoms with Crippen LogP contribution in [-0.2, 0) is 0 Å². The van der Waals surface area contributed by atoms with Gasteiger partial charge >= 0.3 is 0 Å². The zero-order valence-electron chi connectivity index (χ0n) is 8.68. The van der Waals surface area contributed by atoms with Crippen molar-refractivity contribution < 1.29 is 0 Å². The zero-order valence-corrected chi connectivity index (χ0v) is 8.68. The molecular formula is C11H22N2. The number of hydrogen-bond donors (Lipinski definition) is 2. The fourth-order valence-corrected chi connectivity index (χ4v) is 1.85. The molecular weight excluding hydrogens is 160 g/mol. The minimum Gasteiger partial charge on any atom is -0.391 e. The average Bonchev–Trinajstić information content (AvgIpc) is 2.19. The summed E-state index contributed by atoms with van der Waals surface area (Å²) in [5, 5.41) is 3.36. The van der Waals surface area contributed by atoms with Crippen molar-refractivity contribution >= 4 is 0 Å². The quantitative estimate of drug-likeness (QED) is 0.698. The number of nitrogens with two attached hydrogens (primary N) is 1. The summed E-state index contributed by atoms with van der Waals surface area (Å²) in [4.78, 5) is 0. The van der Waals surface area contributed by atoms with Crippen LogP contribution in [-0.4, -0.2) is 13.1 Å². The summed E-state index contributed by atoms with van der Waals surface area (Å²) < 4.78 is 0. The first-order valence-electron chi connectivity index (χ1n) is 5.42. The zero-order chi connectivity index (χ0) is 9.52. The number of hydrogen-bond acceptors (Lipinski definition) is 2. The molecule has 1 saturated carbocycles. The molecule has 0 unspecified atom stereocenters. The molecule has 13 heavy (non-hydrogen) atoms. The molecule has 2 nitrogen and oxygen atoms in total. The van der Waals surface area contributed by atoms with E-state index in [2.05, 4.69) is 18.4 Å². The van der Waals surface area contributed by atoms with Crippen molar-refractivity contribution in [3.63, 3.8) is 0 Å². The smallest absolute Gasteiger partial charge is 0.0169 e. The molecule has 1 aliphatic carbocycles. The highest BCUT2D eigenvalue weighted by Crippen LogP contribution is 2.22. The summed E-state index contributed by atoms with van der Waals surface area (Å²) >= 11 is 0. The molecule has 2 heteroatoms. The van der Waals surface area contributed by atoms with Gasteiger partial charge in [-0.05, 0) is 37.5 Å². The van der Waals surface area contributed by atoms with Gasteiger partial charge in [-0.3, -0.25) is 0 Å². The van der Waals surface area contributed by atoms with Crippen LogP contribution in [0, 0.1) is 5.92 Å². The van der Waals surface area contributed by atoms with Gasteiger partial charge in [0.2, 0.25) is 0 Å². The van der Waals surface area contributed by atoms with Gasteiger partial charge < -0.3 is 11.1 Å². The van der Waals surface area contributed by atoms with Gasteiger partial charge in [-0.15, -0.1) is 0 Å². The Kier molecular flexibility index (Phi) is 4.91. The van der Waals surface area contributed by atoms with Crippen molar-refractivity contribution in [2.24, 2.45) is 11.7 Å². The first-order valence-corrected chi connectivity index (χ1v) is 5.42. The van der Waals surface area contributed by atoms with E-state index in [1.54, 1.807) is 0 Å². The van der Waals surface area contributed by atoms with Crippen molar-refractivity contribution in [1.82, 2.24) is 5.32 Å². The summed E-state index contributed by atoms with van der Waals surface area (Å²) in [5.41, 5.74) is 6.72. The second-order valence-electron chi connectivity index (χ2n) is 4.11. The van der Waals surface area contributed by atoms with Crippen LogP contribution >= 0.6 is 0 Å². The Morgan fingerprint density at radius 3 is 2.69 bits per heavy atom. The van der Waals surface area contributed by atoms with Crippen LogP contribution < -0.4 is 11.1 Å². The molecule has 0 amide bonds. The average molecular weight is 182 g/mol. The maximum absolute atomic E-state index is 5.48. The van der Waals surface area contributed by atoms with Crippen LogP contribution in [0.5, 0.6) is 0 Å². The molecule has 0 bridgehead atoms. The van der Waals surface area contributed by atoms with Crippen LogP contribution in [0.3, 0.4) is 0 Å². The van der Waals surface area contributed by atoms with Gasteiger partial charge in [0.1, 0.15) is 0 Å². The lowest BCUT2D eigenvalue weighted by Gasteiger charge is -2.21. The number of rotatable bonds is 4. The predicted octanol–water partition coefficient (Wildman–Crippen LogP) is 2.02. The van der Waals surface area contributed by atoms with E-state index in [0.717, 1.165) is 12.5 Å². The molecule has 1 aliphatic rings. The Bertz CT molecular complexity index is 157. The molecule has 0 atom stereocenters. The van der Waals surface area contributed by atoms with E-state index in [-0.39, 0.29) is 0 Å². The Balaban J connectivity index is 2.10. The Morgan fingerprint density at radius 2 is 2.08 bits per heavy atom. The topological polar surface area (TPSA) is 38.0 Å². The van der Waals surface area contributed by atoms with Crippen LogP contribution in [0.25, 0.3) is 0 Å². The van der Waals surface area contributed by atoms with Gasteiger partial charge in [0.05, 0.1) is 0 Å². The third kappa shape index (κ3) is 4.32. The Morgan fingerprint density at radius 1 is 1.38 bits per heavy atom. The Labute approximate surface area is 81.6 Å². The molecule has 0 radical (unpaired) electrons. The van der Waals surface area contributed by atoms with Crippen LogP contribution in [0.2, 0.25) is 0 Å². The second-order valence-corrected chi connectivity index (χ2v) is 4.11. The molecule has 0 spiro atoms. The molecule has 1 fully saturated rings. The lowest BCUT2D eigenvalue weighted by atomic mass is 9.89. The predicted molar refractivity (Wildman–Crippen MR) is 57.4 cm³/mol. The maximum atomic E-state index is 5.48. The standard InChI is InChI=1S/C11H22N2/c1-10(7-12)8-13-9-11-5-3-2-4-6-11/h8,11,13H,2-7,9,12H2,1H3/b10-8+. The van der Waals surface area contributed by atoms with Gasteiger partial charge in [-0.25, -0.2) is 0 Å². The van der Waals surface area contributed by atoms with E-state index >= 15 is 0 Å². The molecule has 0 heterocycles. The largest absolute Gasteiger partial charge is 0.391 e. The summed E-state index contributed by atoms with van der Waals surface area (Å²) in [7, 11) is 0. The lowest BCUT2D eigenvalue weighted by molar-refractivity contribution is 0.353. The minimum absolute atomic E-state index is 0.664. The SMILES string of the molecule is C/C(=C\NCC1CCCCC1)CN. The molecule has 0 aromatic heterocycles. The second kappa shape index (κ2) is 6.03. The monoisotopic (exact) mass is 182 g/mol. The van der Waals surface area contributed by atoms with Crippen LogP contribution in [0.15, 0.2) is 11.8 Å². The molecule has 0 aromatic carbocycles. The number of nitrogens with one attached hydrogen (secondary N) is 1. The van der Waals surface area contributed by atoms with Crippen LogP contribution in [0.4, 0.5) is 0 Å². The van der Waals surface area contributed by atoms with E-state index in [9.17, 15) is 0 Å². The summed E-state index contributed by atoms with van der Waals surface area (Å²) in [6, 6.07) is 0. The van der Waals surface area contributed by atoms with Gasteiger partial charge in [-0.1, -0.05) is 19.3 Å². The van der Waals surface area contributed by atoms with Gasteiger partial charge in [0.15, 0.2) is 0 Å². The van der Waals surface area contributed by atoms with Crippen molar-refractivity contribution in [2.75, 3.05) is 13.1 Å². The fourth-order valence-electron chi connectivity index (χ4n) is 1.85. The summed E-state index contributed by atoms with van der Waals surface area (Å²) in [6.07, 6.45) is 9.16. The van der Waals surface area contributed by atoms with Gasteiger partial charge in [-0.2, -0.15) is 0 Å². The van der Waals surface area contributed by atoms with Crippen molar-refractivity contribution in [3.05, 3.63) is 11.8 Å². The van der Waals surface area contributed by atoms with Gasteiger partial charge in [0.25, 0.3) is 0 Å². The van der Waals surface area contributed by atoms with E-state index in [1.165, 1.54) is 37.7 Å². The first-order chi connectivity index (χ1) is 6.33. The van der Waals surface area contributed by atoms with Crippen molar-refractivity contribution in [1.29, 1.82) is 0 Å². The summed E-state index contributed by atoms with van der Waals surface area (Å²) in [6.45, 7) is 3.86. The molecule has 76 valence electrons. The lowest BCUT2D eigenvalue weighted by Crippen LogP contribution is -2.21. The van der Waals surface area contributed by atoms with E-state index in [1.807, 2.05) is 0 Å². The normalized spacial score (nSPS) is 20.3. The van der Waals surface area contributed by atoms with Gasteiger partial charge in [0, 0.05) is 13.1 Å². The third-order valence-electron chi connectivity index (χ3n) is 2.80. The summed E-state index contributed by atoms with van der Waals surface area (Å²) in [5.74, 6) is 0.899. The molecule has 3 N–H and O–H groups in total. The van der Waals surface area contributed by atoms with E-state index in [0.29, 0.717) is 6.54 Å². The highest BCUT2D eigenvalue weighted by Gasteiger charge is 2.11. The molecule has 0 aliphatic heterocycles. The molecule has 0 saturated heterocycles. The first kappa shape index (κ1) is 10.6. The van der Waals surface area contributed by atoms with E-state index < -0.39 is 0 Å². The highest BCUT2D eigenvalue weighted by atomic mass is 14.8. The Hall–Kier alpha value is -0.500. The van der Waals surface area contributed by atoms with Crippen molar-refractivity contribution in [3.8, 4) is 0 Å². The fraction of sp³-hybridized carbons (Fsp3) is 0.818. The minimum atomic E-state index is 0.664. The third-order valence-corrected chi connectivity index (χ3v) is 2.80. The van der Waals surface area contributed by atoms with E-state index in [4.69, 9.17) is 5.73 Å². The molecule has 0 aromatic rings.